The summed E-state index contributed by atoms with van der Waals surface area (Å²) in [7, 11) is 0. The SMILES string of the molecule is [CH3][Sn]([CH3])([CH3])[c]1ccc(C=[N+]=[N-])o1. The summed E-state index contributed by atoms with van der Waals surface area (Å²) < 4.78 is 6.57. The van der Waals surface area contributed by atoms with E-state index in [0.29, 0.717) is 5.76 Å². The summed E-state index contributed by atoms with van der Waals surface area (Å²) in [5.41, 5.74) is 8.26. The Morgan fingerprint density at radius 1 is 1.42 bits per heavy atom. The molecule has 0 bridgehead atoms. The summed E-state index contributed by atoms with van der Waals surface area (Å²) in [5.74, 6) is 0.624. The number of hydrogen-bond donors (Lipinski definition) is 0. The first-order valence-corrected chi connectivity index (χ1v) is 13.8. The Hall–Kier alpha value is -0.541. The molecule has 0 aliphatic heterocycles. The van der Waals surface area contributed by atoms with Crippen LogP contribution in [0.5, 0.6) is 0 Å². The summed E-state index contributed by atoms with van der Waals surface area (Å²) in [6, 6.07) is 3.81. The van der Waals surface area contributed by atoms with E-state index in [0.717, 1.165) is 3.78 Å². The molecular formula is C8H12N2OSn. The Bertz CT molecular complexity index is 318. The molecule has 1 aromatic heterocycles. The van der Waals surface area contributed by atoms with Crippen LogP contribution in [0.3, 0.4) is 0 Å². The van der Waals surface area contributed by atoms with E-state index in [2.05, 4.69) is 19.6 Å². The van der Waals surface area contributed by atoms with Crippen molar-refractivity contribution < 1.29 is 9.21 Å². The molecule has 1 rings (SSSR count). The Labute approximate surface area is 75.9 Å². The van der Waals surface area contributed by atoms with E-state index in [-0.39, 0.29) is 0 Å². The predicted octanol–water partition coefficient (Wildman–Crippen LogP) is 1.47. The number of furan rings is 1. The molecule has 0 aliphatic carbocycles. The van der Waals surface area contributed by atoms with Gasteiger partial charge in [-0.25, -0.2) is 0 Å². The van der Waals surface area contributed by atoms with Crippen molar-refractivity contribution in [3.05, 3.63) is 23.4 Å². The van der Waals surface area contributed by atoms with E-state index >= 15 is 0 Å². The van der Waals surface area contributed by atoms with Crippen LogP contribution in [0.1, 0.15) is 5.76 Å². The molecule has 0 saturated carbocycles. The molecule has 1 heterocycles. The molecule has 0 radical (unpaired) electrons. The summed E-state index contributed by atoms with van der Waals surface area (Å²) in [6.07, 6.45) is 1.31. The first-order chi connectivity index (χ1) is 5.54. The molecule has 0 unspecified atom stereocenters. The van der Waals surface area contributed by atoms with Crippen molar-refractivity contribution in [3.63, 3.8) is 0 Å². The fourth-order valence-electron chi connectivity index (χ4n) is 0.882. The van der Waals surface area contributed by atoms with Gasteiger partial charge in [0.2, 0.25) is 0 Å². The van der Waals surface area contributed by atoms with E-state index in [9.17, 15) is 0 Å². The second-order valence-corrected chi connectivity index (χ2v) is 17.9. The van der Waals surface area contributed by atoms with Gasteiger partial charge in [0, 0.05) is 0 Å². The van der Waals surface area contributed by atoms with Crippen molar-refractivity contribution in [2.45, 2.75) is 14.8 Å². The van der Waals surface area contributed by atoms with E-state index < -0.39 is 18.4 Å². The van der Waals surface area contributed by atoms with Crippen LogP contribution in [0.4, 0.5) is 0 Å². The molecule has 3 nitrogen and oxygen atoms in total. The molecule has 0 spiro atoms. The predicted molar refractivity (Wildman–Crippen MR) is 50.5 cm³/mol. The Balaban J connectivity index is 2.99. The van der Waals surface area contributed by atoms with Gasteiger partial charge in [-0.2, -0.15) is 0 Å². The zero-order valence-corrected chi connectivity index (χ0v) is 10.4. The summed E-state index contributed by atoms with van der Waals surface area (Å²) in [6.45, 7) is 0. The average Bonchev–Trinajstić information content (AvgIpc) is 2.35. The topological polar surface area (TPSA) is 49.5 Å². The van der Waals surface area contributed by atoms with Crippen LogP contribution in [-0.4, -0.2) is 29.4 Å². The van der Waals surface area contributed by atoms with Crippen molar-refractivity contribution in [1.29, 1.82) is 0 Å². The number of rotatable bonds is 2. The van der Waals surface area contributed by atoms with Crippen LogP contribution >= 0.6 is 0 Å². The molecule has 1 aromatic rings. The first kappa shape index (κ1) is 9.55. The fourth-order valence-corrected chi connectivity index (χ4v) is 3.76. The second kappa shape index (κ2) is 3.45. The van der Waals surface area contributed by atoms with Gasteiger partial charge < -0.3 is 0 Å². The molecule has 0 fully saturated rings. The molecule has 0 atom stereocenters. The van der Waals surface area contributed by atoms with Gasteiger partial charge in [-0.3, -0.25) is 0 Å². The Morgan fingerprint density at radius 3 is 2.50 bits per heavy atom. The molecular weight excluding hydrogens is 259 g/mol. The van der Waals surface area contributed by atoms with Gasteiger partial charge in [0.15, 0.2) is 0 Å². The fraction of sp³-hybridized carbons (Fsp3) is 0.375. The van der Waals surface area contributed by atoms with Crippen LogP contribution in [-0.2, 0) is 0 Å². The van der Waals surface area contributed by atoms with E-state index in [1.807, 2.05) is 12.1 Å². The maximum absolute atomic E-state index is 8.26. The van der Waals surface area contributed by atoms with Crippen molar-refractivity contribution in [3.8, 4) is 0 Å². The molecule has 4 heteroatoms. The van der Waals surface area contributed by atoms with Crippen molar-refractivity contribution in [2.24, 2.45) is 0 Å². The van der Waals surface area contributed by atoms with Crippen LogP contribution in [0, 0.1) is 0 Å². The molecule has 12 heavy (non-hydrogen) atoms. The number of nitrogens with zero attached hydrogens (tertiary/aromatic N) is 2. The van der Waals surface area contributed by atoms with Gasteiger partial charge in [-0.05, 0) is 0 Å². The van der Waals surface area contributed by atoms with Crippen LogP contribution in [0.25, 0.3) is 5.53 Å². The van der Waals surface area contributed by atoms with Gasteiger partial charge >= 0.3 is 75.8 Å². The first-order valence-electron chi connectivity index (χ1n) is 3.82. The third-order valence-electron chi connectivity index (χ3n) is 1.55. The minimum atomic E-state index is -2.04. The Kier molecular flexibility index (Phi) is 2.75. The second-order valence-electron chi connectivity index (χ2n) is 3.70. The van der Waals surface area contributed by atoms with Crippen molar-refractivity contribution in [2.75, 3.05) is 0 Å². The van der Waals surface area contributed by atoms with Gasteiger partial charge in [-0.15, -0.1) is 0 Å². The molecule has 0 saturated heterocycles. The van der Waals surface area contributed by atoms with E-state index in [1.54, 1.807) is 0 Å². The molecule has 0 amide bonds. The normalized spacial score (nSPS) is 10.9. The molecule has 0 aliphatic rings. The van der Waals surface area contributed by atoms with Gasteiger partial charge in [0.25, 0.3) is 0 Å². The maximum atomic E-state index is 8.26. The summed E-state index contributed by atoms with van der Waals surface area (Å²) in [4.78, 5) is 9.72. The van der Waals surface area contributed by atoms with E-state index in [4.69, 9.17) is 9.95 Å². The van der Waals surface area contributed by atoms with E-state index in [1.165, 1.54) is 6.21 Å². The average molecular weight is 271 g/mol. The van der Waals surface area contributed by atoms with Crippen LogP contribution in [0.2, 0.25) is 14.8 Å². The van der Waals surface area contributed by atoms with Crippen molar-refractivity contribution >= 4 is 28.4 Å². The van der Waals surface area contributed by atoms with Gasteiger partial charge in [0.1, 0.15) is 0 Å². The monoisotopic (exact) mass is 272 g/mol. The third kappa shape index (κ3) is 2.22. The van der Waals surface area contributed by atoms with Crippen molar-refractivity contribution in [1.82, 2.24) is 0 Å². The third-order valence-corrected chi connectivity index (χ3v) is 6.54. The number of hydrogen-bond acceptors (Lipinski definition) is 1. The minimum absolute atomic E-state index is 0.624. The zero-order chi connectivity index (χ0) is 9.19. The van der Waals surface area contributed by atoms with Crippen LogP contribution < -0.4 is 3.78 Å². The summed E-state index contributed by atoms with van der Waals surface area (Å²) >= 11 is -2.04. The zero-order valence-electron chi connectivity index (χ0n) is 7.53. The van der Waals surface area contributed by atoms with Gasteiger partial charge in [-0.1, -0.05) is 0 Å². The van der Waals surface area contributed by atoms with Crippen LogP contribution in [0.15, 0.2) is 16.5 Å². The molecule has 0 aromatic carbocycles. The van der Waals surface area contributed by atoms with Gasteiger partial charge in [0.05, 0.1) is 0 Å². The quantitative estimate of drug-likeness (QED) is 0.348. The Morgan fingerprint density at radius 2 is 2.08 bits per heavy atom. The molecule has 64 valence electrons. The molecule has 0 N–H and O–H groups in total. The standard InChI is InChI=1S/C5H3N2O.3CH3.Sn/c6-7-4-5-2-1-3-8-5;;;;/h1-2,4H;3*1H3;. The summed E-state index contributed by atoms with van der Waals surface area (Å²) in [5, 5.41) is 0.